The highest BCUT2D eigenvalue weighted by Gasteiger charge is 2.17. The number of fused-ring (bicyclic) bond motifs is 1. The van der Waals surface area contributed by atoms with E-state index >= 15 is 0 Å². The average molecular weight is 264 g/mol. The van der Waals surface area contributed by atoms with Crippen molar-refractivity contribution in [3.05, 3.63) is 21.4 Å². The molecule has 1 saturated heterocycles. The molecular formula is C15H24N2S. The van der Waals surface area contributed by atoms with E-state index in [9.17, 15) is 0 Å². The molecule has 0 bridgehead atoms. The topological polar surface area (TPSA) is 15.3 Å². The molecule has 2 heterocycles. The normalized spacial score (nSPS) is 25.1. The summed E-state index contributed by atoms with van der Waals surface area (Å²) in [4.78, 5) is 5.67. The number of thiophene rings is 1. The number of hydrogen-bond acceptors (Lipinski definition) is 3. The zero-order chi connectivity index (χ0) is 12.4. The number of likely N-dealkylation sites (tertiary alicyclic amines) is 1. The monoisotopic (exact) mass is 264 g/mol. The first kappa shape index (κ1) is 12.6. The fourth-order valence-corrected chi connectivity index (χ4v) is 4.38. The second kappa shape index (κ2) is 5.72. The molecule has 1 aromatic heterocycles. The Kier molecular flexibility index (Phi) is 4.02. The van der Waals surface area contributed by atoms with Crippen molar-refractivity contribution in [2.75, 3.05) is 20.1 Å². The number of aryl methyl sites for hydroxylation is 2. The van der Waals surface area contributed by atoms with Gasteiger partial charge in [0.2, 0.25) is 0 Å². The van der Waals surface area contributed by atoms with Gasteiger partial charge < -0.3 is 10.2 Å². The molecule has 1 unspecified atom stereocenters. The Morgan fingerprint density at radius 1 is 1.28 bits per heavy atom. The van der Waals surface area contributed by atoms with E-state index in [1.807, 2.05) is 11.3 Å². The predicted molar refractivity (Wildman–Crippen MR) is 78.3 cm³/mol. The maximum absolute atomic E-state index is 3.77. The van der Waals surface area contributed by atoms with E-state index < -0.39 is 0 Å². The number of hydrogen-bond donors (Lipinski definition) is 1. The summed E-state index contributed by atoms with van der Waals surface area (Å²) in [5.74, 6) is 0. The van der Waals surface area contributed by atoms with Crippen LogP contribution in [0.3, 0.4) is 0 Å². The Bertz CT molecular complexity index is 378. The summed E-state index contributed by atoms with van der Waals surface area (Å²) in [7, 11) is 2.24. The third-order valence-electron chi connectivity index (χ3n) is 4.31. The smallest absolute Gasteiger partial charge is 0.0302 e. The third kappa shape index (κ3) is 2.95. The molecule has 0 saturated carbocycles. The lowest BCUT2D eigenvalue weighted by Gasteiger charge is -2.16. The standard InChI is InChI=1S/C15H24N2S/c1-17-8-3-5-13(7-9-17)16-11-14-10-12-4-2-6-15(12)18-14/h10,13,16H,2-9,11H2,1H3. The van der Waals surface area contributed by atoms with Gasteiger partial charge in [-0.1, -0.05) is 0 Å². The van der Waals surface area contributed by atoms with Crippen LogP contribution >= 0.6 is 11.3 Å². The van der Waals surface area contributed by atoms with E-state index in [1.165, 1.54) is 51.6 Å². The van der Waals surface area contributed by atoms with Gasteiger partial charge in [-0.25, -0.2) is 0 Å². The van der Waals surface area contributed by atoms with Gasteiger partial charge in [0.25, 0.3) is 0 Å². The van der Waals surface area contributed by atoms with Crippen molar-refractivity contribution in [3.8, 4) is 0 Å². The lowest BCUT2D eigenvalue weighted by Crippen LogP contribution is -2.29. The second-order valence-electron chi connectivity index (χ2n) is 5.83. The van der Waals surface area contributed by atoms with Crippen molar-refractivity contribution in [1.82, 2.24) is 10.2 Å². The molecule has 3 rings (SSSR count). The van der Waals surface area contributed by atoms with Crippen molar-refractivity contribution in [3.63, 3.8) is 0 Å². The lowest BCUT2D eigenvalue weighted by molar-refractivity contribution is 0.343. The Morgan fingerprint density at radius 2 is 2.22 bits per heavy atom. The highest BCUT2D eigenvalue weighted by molar-refractivity contribution is 7.12. The van der Waals surface area contributed by atoms with Crippen LogP contribution in [-0.4, -0.2) is 31.1 Å². The van der Waals surface area contributed by atoms with Crippen molar-refractivity contribution in [2.45, 2.75) is 51.1 Å². The van der Waals surface area contributed by atoms with Crippen LogP contribution in [-0.2, 0) is 19.4 Å². The number of nitrogens with one attached hydrogen (secondary N) is 1. The Morgan fingerprint density at radius 3 is 3.11 bits per heavy atom. The number of nitrogens with zero attached hydrogens (tertiary/aromatic N) is 1. The quantitative estimate of drug-likeness (QED) is 0.903. The van der Waals surface area contributed by atoms with E-state index in [1.54, 1.807) is 15.3 Å². The minimum Gasteiger partial charge on any atom is -0.309 e. The van der Waals surface area contributed by atoms with Crippen LogP contribution in [0.1, 0.15) is 41.0 Å². The molecule has 1 N–H and O–H groups in total. The molecule has 2 nitrogen and oxygen atoms in total. The molecular weight excluding hydrogens is 240 g/mol. The first-order valence-electron chi connectivity index (χ1n) is 7.33. The summed E-state index contributed by atoms with van der Waals surface area (Å²) in [6.45, 7) is 3.61. The van der Waals surface area contributed by atoms with Crippen LogP contribution in [0.15, 0.2) is 6.07 Å². The van der Waals surface area contributed by atoms with Gasteiger partial charge in [0, 0.05) is 22.3 Å². The first-order valence-corrected chi connectivity index (χ1v) is 8.15. The number of rotatable bonds is 3. The van der Waals surface area contributed by atoms with Gasteiger partial charge in [0.05, 0.1) is 0 Å². The summed E-state index contributed by atoms with van der Waals surface area (Å²) < 4.78 is 0. The molecule has 1 aromatic rings. The molecule has 3 heteroatoms. The summed E-state index contributed by atoms with van der Waals surface area (Å²) in [5.41, 5.74) is 1.64. The Labute approximate surface area is 114 Å². The van der Waals surface area contributed by atoms with Crippen LogP contribution in [0.5, 0.6) is 0 Å². The SMILES string of the molecule is CN1CCCC(NCc2cc3c(s2)CCC3)CC1. The summed E-state index contributed by atoms with van der Waals surface area (Å²) in [6, 6.07) is 3.18. The van der Waals surface area contributed by atoms with Crippen LogP contribution in [0.25, 0.3) is 0 Å². The van der Waals surface area contributed by atoms with E-state index in [0.717, 1.165) is 12.6 Å². The van der Waals surface area contributed by atoms with Gasteiger partial charge in [0.15, 0.2) is 0 Å². The fourth-order valence-electron chi connectivity index (χ4n) is 3.17. The van der Waals surface area contributed by atoms with E-state index in [0.29, 0.717) is 0 Å². The Hall–Kier alpha value is -0.380. The van der Waals surface area contributed by atoms with Gasteiger partial charge in [-0.3, -0.25) is 0 Å². The van der Waals surface area contributed by atoms with Gasteiger partial charge in [-0.15, -0.1) is 11.3 Å². The summed E-state index contributed by atoms with van der Waals surface area (Å²) >= 11 is 2.04. The van der Waals surface area contributed by atoms with Crippen molar-refractivity contribution in [2.24, 2.45) is 0 Å². The minimum atomic E-state index is 0.729. The van der Waals surface area contributed by atoms with Gasteiger partial charge in [-0.05, 0) is 70.3 Å². The Balaban J connectivity index is 1.51. The molecule has 1 aliphatic heterocycles. The highest BCUT2D eigenvalue weighted by atomic mass is 32.1. The van der Waals surface area contributed by atoms with Crippen LogP contribution in [0, 0.1) is 0 Å². The molecule has 0 amide bonds. The fraction of sp³-hybridized carbons (Fsp3) is 0.733. The largest absolute Gasteiger partial charge is 0.309 e. The van der Waals surface area contributed by atoms with Crippen molar-refractivity contribution < 1.29 is 0 Å². The molecule has 2 aliphatic rings. The highest BCUT2D eigenvalue weighted by Crippen LogP contribution is 2.30. The maximum atomic E-state index is 3.77. The van der Waals surface area contributed by atoms with E-state index in [2.05, 4.69) is 23.3 Å². The van der Waals surface area contributed by atoms with Gasteiger partial charge in [0.1, 0.15) is 0 Å². The maximum Gasteiger partial charge on any atom is 0.0302 e. The van der Waals surface area contributed by atoms with Gasteiger partial charge >= 0.3 is 0 Å². The molecule has 18 heavy (non-hydrogen) atoms. The van der Waals surface area contributed by atoms with Gasteiger partial charge in [-0.2, -0.15) is 0 Å². The molecule has 0 spiro atoms. The summed E-state index contributed by atoms with van der Waals surface area (Å²) in [6.07, 6.45) is 8.02. The van der Waals surface area contributed by atoms with Crippen molar-refractivity contribution >= 4 is 11.3 Å². The molecule has 1 atom stereocenters. The average Bonchev–Trinajstić information content (AvgIpc) is 2.86. The van der Waals surface area contributed by atoms with Crippen molar-refractivity contribution in [1.29, 1.82) is 0 Å². The van der Waals surface area contributed by atoms with Crippen LogP contribution in [0.2, 0.25) is 0 Å². The third-order valence-corrected chi connectivity index (χ3v) is 5.55. The van der Waals surface area contributed by atoms with E-state index in [-0.39, 0.29) is 0 Å². The molecule has 0 radical (unpaired) electrons. The second-order valence-corrected chi connectivity index (χ2v) is 7.05. The molecule has 1 fully saturated rings. The molecule has 0 aromatic carbocycles. The lowest BCUT2D eigenvalue weighted by atomic mass is 10.1. The van der Waals surface area contributed by atoms with Crippen LogP contribution < -0.4 is 5.32 Å². The zero-order valence-electron chi connectivity index (χ0n) is 11.4. The zero-order valence-corrected chi connectivity index (χ0v) is 12.2. The molecule has 100 valence electrons. The summed E-state index contributed by atoms with van der Waals surface area (Å²) in [5, 5.41) is 3.77. The minimum absolute atomic E-state index is 0.729. The first-order chi connectivity index (χ1) is 8.81. The van der Waals surface area contributed by atoms with E-state index in [4.69, 9.17) is 0 Å². The van der Waals surface area contributed by atoms with Crippen LogP contribution in [0.4, 0.5) is 0 Å². The molecule has 1 aliphatic carbocycles. The predicted octanol–water partition coefficient (Wildman–Crippen LogP) is 2.81.